The van der Waals surface area contributed by atoms with Gasteiger partial charge < -0.3 is 5.11 Å². The highest BCUT2D eigenvalue weighted by molar-refractivity contribution is 5.05. The van der Waals surface area contributed by atoms with E-state index in [1.807, 2.05) is 0 Å². The summed E-state index contributed by atoms with van der Waals surface area (Å²) in [7, 11) is 0. The van der Waals surface area contributed by atoms with E-state index in [2.05, 4.69) is 26.2 Å². The molecule has 0 radical (unpaired) electrons. The molecule has 0 spiro atoms. The molecule has 1 heteroatoms. The van der Waals surface area contributed by atoms with Gasteiger partial charge in [0.25, 0.3) is 0 Å². The van der Waals surface area contributed by atoms with E-state index in [0.717, 1.165) is 31.3 Å². The zero-order valence-corrected chi connectivity index (χ0v) is 9.68. The molecule has 0 aliphatic heterocycles. The van der Waals surface area contributed by atoms with Crippen LogP contribution in [-0.4, -0.2) is 11.2 Å². The lowest BCUT2D eigenvalue weighted by Gasteiger charge is -2.11. The smallest absolute Gasteiger partial charge is 0.0823 e. The van der Waals surface area contributed by atoms with Crippen LogP contribution in [0.25, 0.3) is 0 Å². The van der Waals surface area contributed by atoms with Gasteiger partial charge in [-0.3, -0.25) is 0 Å². The second-order valence-electron chi connectivity index (χ2n) is 3.82. The summed E-state index contributed by atoms with van der Waals surface area (Å²) in [4.78, 5) is 0. The highest BCUT2D eigenvalue weighted by atomic mass is 16.3. The molecule has 1 nitrogen and oxygen atoms in total. The fourth-order valence-electron chi connectivity index (χ4n) is 1.58. The Bertz CT molecular complexity index is 178. The molecule has 1 atom stereocenters. The number of hydrogen-bond donors (Lipinski definition) is 1. The highest BCUT2D eigenvalue weighted by Crippen LogP contribution is 2.15. The van der Waals surface area contributed by atoms with Gasteiger partial charge in [0.2, 0.25) is 0 Å². The summed E-state index contributed by atoms with van der Waals surface area (Å²) in [6, 6.07) is 0. The molecule has 0 saturated heterocycles. The third-order valence-electron chi connectivity index (χ3n) is 2.48. The second kappa shape index (κ2) is 9.05. The Balaban J connectivity index is 3.70. The molecule has 14 heavy (non-hydrogen) atoms. The average Bonchev–Trinajstić information content (AvgIpc) is 2.20. The topological polar surface area (TPSA) is 20.2 Å². The lowest BCUT2D eigenvalue weighted by Crippen LogP contribution is -2.09. The van der Waals surface area contributed by atoms with Gasteiger partial charge in [0.05, 0.1) is 6.10 Å². The van der Waals surface area contributed by atoms with Gasteiger partial charge in [-0.15, -0.1) is 5.73 Å². The molecule has 0 rings (SSSR count). The molecule has 0 aromatic rings. The molecular weight excluding hydrogens is 172 g/mol. The van der Waals surface area contributed by atoms with Crippen molar-refractivity contribution in [3.63, 3.8) is 0 Å². The summed E-state index contributed by atoms with van der Waals surface area (Å²) in [6.07, 6.45) is 7.42. The molecule has 0 amide bonds. The quantitative estimate of drug-likeness (QED) is 0.462. The minimum absolute atomic E-state index is 0.302. The lowest BCUT2D eigenvalue weighted by atomic mass is 10.00. The molecule has 82 valence electrons. The Morgan fingerprint density at radius 1 is 1.21 bits per heavy atom. The van der Waals surface area contributed by atoms with Crippen molar-refractivity contribution in [3.8, 4) is 0 Å². The molecule has 0 aliphatic carbocycles. The van der Waals surface area contributed by atoms with Crippen molar-refractivity contribution in [3.05, 3.63) is 17.9 Å². The molecule has 0 bridgehead atoms. The Hall–Kier alpha value is -0.520. The molecular formula is C13H24O. The van der Waals surface area contributed by atoms with E-state index in [0.29, 0.717) is 0 Å². The summed E-state index contributed by atoms with van der Waals surface area (Å²) in [5.74, 6) is 0. The van der Waals surface area contributed by atoms with Crippen molar-refractivity contribution in [1.29, 1.82) is 0 Å². The van der Waals surface area contributed by atoms with Gasteiger partial charge in [-0.2, -0.15) is 0 Å². The standard InChI is InChI=1S/C13H24O/c1-4-7-8-9-11-13(14)12(6-3)10-5-2/h13-14H,3-5,7-11H2,1-2H3/t13-/m1/s1. The van der Waals surface area contributed by atoms with Crippen molar-refractivity contribution < 1.29 is 5.11 Å². The van der Waals surface area contributed by atoms with Crippen LogP contribution in [0, 0.1) is 0 Å². The predicted molar refractivity (Wildman–Crippen MR) is 62.3 cm³/mol. The van der Waals surface area contributed by atoms with Crippen molar-refractivity contribution in [2.45, 2.75) is 64.9 Å². The SMILES string of the molecule is C=C=C(CCC)[C@H](O)CCCCCC. The molecule has 0 aromatic carbocycles. The minimum Gasteiger partial charge on any atom is -0.388 e. The van der Waals surface area contributed by atoms with E-state index in [-0.39, 0.29) is 6.10 Å². The summed E-state index contributed by atoms with van der Waals surface area (Å²) in [5.41, 5.74) is 3.85. The van der Waals surface area contributed by atoms with Crippen LogP contribution >= 0.6 is 0 Å². The maximum Gasteiger partial charge on any atom is 0.0823 e. The maximum absolute atomic E-state index is 9.80. The Morgan fingerprint density at radius 2 is 1.93 bits per heavy atom. The second-order valence-corrected chi connectivity index (χ2v) is 3.82. The number of hydrogen-bond acceptors (Lipinski definition) is 1. The third-order valence-corrected chi connectivity index (χ3v) is 2.48. The van der Waals surface area contributed by atoms with Crippen molar-refractivity contribution in [2.24, 2.45) is 0 Å². The van der Waals surface area contributed by atoms with Crippen molar-refractivity contribution >= 4 is 0 Å². The van der Waals surface area contributed by atoms with Gasteiger partial charge in [-0.25, -0.2) is 0 Å². The van der Waals surface area contributed by atoms with E-state index in [1.165, 1.54) is 19.3 Å². The van der Waals surface area contributed by atoms with Gasteiger partial charge in [-0.05, 0) is 18.4 Å². The number of unbranched alkanes of at least 4 members (excludes halogenated alkanes) is 3. The van der Waals surface area contributed by atoms with Crippen LogP contribution in [-0.2, 0) is 0 Å². The van der Waals surface area contributed by atoms with Crippen LogP contribution in [0.4, 0.5) is 0 Å². The molecule has 0 aromatic heterocycles. The summed E-state index contributed by atoms with van der Waals surface area (Å²) in [6.45, 7) is 7.93. The first kappa shape index (κ1) is 13.5. The van der Waals surface area contributed by atoms with Gasteiger partial charge in [0, 0.05) is 0 Å². The summed E-state index contributed by atoms with van der Waals surface area (Å²) >= 11 is 0. The van der Waals surface area contributed by atoms with Crippen LogP contribution < -0.4 is 0 Å². The average molecular weight is 196 g/mol. The van der Waals surface area contributed by atoms with Gasteiger partial charge in [-0.1, -0.05) is 52.5 Å². The zero-order valence-electron chi connectivity index (χ0n) is 9.68. The molecule has 0 saturated carbocycles. The van der Waals surface area contributed by atoms with Crippen molar-refractivity contribution in [2.75, 3.05) is 0 Å². The fourth-order valence-corrected chi connectivity index (χ4v) is 1.58. The van der Waals surface area contributed by atoms with Gasteiger partial charge >= 0.3 is 0 Å². The largest absolute Gasteiger partial charge is 0.388 e. The number of aliphatic hydroxyl groups is 1. The van der Waals surface area contributed by atoms with Crippen LogP contribution in [0.5, 0.6) is 0 Å². The third kappa shape index (κ3) is 6.01. The van der Waals surface area contributed by atoms with Crippen LogP contribution in [0.15, 0.2) is 17.9 Å². The van der Waals surface area contributed by atoms with E-state index in [1.54, 1.807) is 0 Å². The Morgan fingerprint density at radius 3 is 2.43 bits per heavy atom. The summed E-state index contributed by atoms with van der Waals surface area (Å²) < 4.78 is 0. The van der Waals surface area contributed by atoms with Gasteiger partial charge in [0.15, 0.2) is 0 Å². The molecule has 0 aliphatic rings. The van der Waals surface area contributed by atoms with Crippen LogP contribution in [0.1, 0.15) is 58.8 Å². The highest BCUT2D eigenvalue weighted by Gasteiger charge is 2.08. The monoisotopic (exact) mass is 196 g/mol. The van der Waals surface area contributed by atoms with Crippen molar-refractivity contribution in [1.82, 2.24) is 0 Å². The molecule has 1 N–H and O–H groups in total. The fraction of sp³-hybridized carbons (Fsp3) is 0.769. The van der Waals surface area contributed by atoms with Gasteiger partial charge in [0.1, 0.15) is 0 Å². The van der Waals surface area contributed by atoms with E-state index < -0.39 is 0 Å². The first-order chi connectivity index (χ1) is 6.76. The van der Waals surface area contributed by atoms with Crippen LogP contribution in [0.2, 0.25) is 0 Å². The lowest BCUT2D eigenvalue weighted by molar-refractivity contribution is 0.192. The zero-order chi connectivity index (χ0) is 10.8. The first-order valence-electron chi connectivity index (χ1n) is 5.83. The molecule has 0 heterocycles. The molecule has 0 fully saturated rings. The Kier molecular flexibility index (Phi) is 8.72. The summed E-state index contributed by atoms with van der Waals surface area (Å²) in [5, 5.41) is 9.80. The number of rotatable bonds is 8. The molecule has 0 unspecified atom stereocenters. The predicted octanol–water partition coefficient (Wildman–Crippen LogP) is 3.83. The first-order valence-corrected chi connectivity index (χ1v) is 5.83. The Labute approximate surface area is 88.5 Å². The maximum atomic E-state index is 9.80. The number of aliphatic hydroxyl groups excluding tert-OH is 1. The normalized spacial score (nSPS) is 12.2. The van der Waals surface area contributed by atoms with E-state index >= 15 is 0 Å². The van der Waals surface area contributed by atoms with E-state index in [9.17, 15) is 5.11 Å². The minimum atomic E-state index is -0.302. The van der Waals surface area contributed by atoms with E-state index in [4.69, 9.17) is 0 Å². The van der Waals surface area contributed by atoms with Crippen LogP contribution in [0.3, 0.4) is 0 Å².